The molecule has 0 aliphatic carbocycles. The Morgan fingerprint density at radius 2 is 1.82 bits per heavy atom. The van der Waals surface area contributed by atoms with Gasteiger partial charge in [0.1, 0.15) is 0 Å². The molecule has 0 saturated carbocycles. The van der Waals surface area contributed by atoms with Crippen LogP contribution in [0.15, 0.2) is 18.2 Å². The molecule has 0 saturated heterocycles. The van der Waals surface area contributed by atoms with Crippen LogP contribution in [0.2, 0.25) is 0 Å². The van der Waals surface area contributed by atoms with Gasteiger partial charge >= 0.3 is 0 Å². The number of rotatable bonds is 7. The Labute approximate surface area is 106 Å². The van der Waals surface area contributed by atoms with E-state index in [2.05, 4.69) is 39.0 Å². The lowest BCUT2D eigenvalue weighted by Crippen LogP contribution is -2.10. The van der Waals surface area contributed by atoms with E-state index in [1.54, 1.807) is 0 Å². The second kappa shape index (κ2) is 7.50. The zero-order valence-electron chi connectivity index (χ0n) is 11.5. The molecule has 0 spiro atoms. The molecule has 0 unspecified atom stereocenters. The Morgan fingerprint density at radius 1 is 1.06 bits per heavy atom. The second-order valence-electron chi connectivity index (χ2n) is 5.13. The van der Waals surface area contributed by atoms with Crippen molar-refractivity contribution in [2.75, 3.05) is 0 Å². The van der Waals surface area contributed by atoms with E-state index in [0.29, 0.717) is 0 Å². The molecule has 1 nitrogen and oxygen atoms in total. The molecule has 0 amide bonds. The first-order valence-corrected chi connectivity index (χ1v) is 6.87. The Balaban J connectivity index is 2.34. The normalized spacial score (nSPS) is 12.7. The molecule has 1 aromatic carbocycles. The first kappa shape index (κ1) is 14.2. The van der Waals surface area contributed by atoms with Gasteiger partial charge in [-0.25, -0.2) is 0 Å². The van der Waals surface area contributed by atoms with Crippen molar-refractivity contribution in [1.29, 1.82) is 0 Å². The molecule has 0 bridgehead atoms. The predicted octanol–water partition coefficient (Wildman–Crippen LogP) is 4.18. The van der Waals surface area contributed by atoms with Gasteiger partial charge < -0.3 is 5.11 Å². The summed E-state index contributed by atoms with van der Waals surface area (Å²) < 4.78 is 0. The molecule has 1 rings (SSSR count). The Morgan fingerprint density at radius 3 is 2.47 bits per heavy atom. The molecule has 0 radical (unpaired) electrons. The van der Waals surface area contributed by atoms with Crippen LogP contribution in [0, 0.1) is 13.8 Å². The first-order chi connectivity index (χ1) is 8.13. The van der Waals surface area contributed by atoms with Crippen molar-refractivity contribution < 1.29 is 5.11 Å². The van der Waals surface area contributed by atoms with Crippen LogP contribution < -0.4 is 0 Å². The summed E-state index contributed by atoms with van der Waals surface area (Å²) >= 11 is 0. The van der Waals surface area contributed by atoms with E-state index in [9.17, 15) is 5.11 Å². The number of benzene rings is 1. The summed E-state index contributed by atoms with van der Waals surface area (Å²) in [5.41, 5.74) is 3.91. The summed E-state index contributed by atoms with van der Waals surface area (Å²) in [5.74, 6) is 0. The molecule has 1 aromatic rings. The molecule has 0 aliphatic heterocycles. The third-order valence-corrected chi connectivity index (χ3v) is 3.43. The smallest absolute Gasteiger partial charge is 0.0580 e. The van der Waals surface area contributed by atoms with Crippen LogP contribution in [0.3, 0.4) is 0 Å². The minimum Gasteiger partial charge on any atom is -0.393 e. The van der Waals surface area contributed by atoms with Crippen molar-refractivity contribution in [3.05, 3.63) is 34.9 Å². The standard InChI is InChI=1S/C16H26O/c1-4-5-6-7-8-16(17)12-15-10-9-13(2)14(3)11-15/h9-11,16-17H,4-8,12H2,1-3H3/t16-/m1/s1. The van der Waals surface area contributed by atoms with Crippen molar-refractivity contribution in [2.45, 2.75) is 65.4 Å². The van der Waals surface area contributed by atoms with Crippen molar-refractivity contribution in [3.63, 3.8) is 0 Å². The van der Waals surface area contributed by atoms with Gasteiger partial charge in [0, 0.05) is 0 Å². The Bertz CT molecular complexity index is 330. The summed E-state index contributed by atoms with van der Waals surface area (Å²) in [5, 5.41) is 9.96. The highest BCUT2D eigenvalue weighted by molar-refractivity contribution is 5.30. The number of aliphatic hydroxyl groups excluding tert-OH is 1. The lowest BCUT2D eigenvalue weighted by atomic mass is 9.99. The van der Waals surface area contributed by atoms with Crippen LogP contribution in [0.4, 0.5) is 0 Å². The van der Waals surface area contributed by atoms with E-state index < -0.39 is 0 Å². The lowest BCUT2D eigenvalue weighted by Gasteiger charge is -2.11. The minimum absolute atomic E-state index is 0.172. The van der Waals surface area contributed by atoms with Crippen LogP contribution in [-0.2, 0) is 6.42 Å². The summed E-state index contributed by atoms with van der Waals surface area (Å²) in [6.07, 6.45) is 6.51. The van der Waals surface area contributed by atoms with Crippen molar-refractivity contribution >= 4 is 0 Å². The second-order valence-corrected chi connectivity index (χ2v) is 5.13. The Kier molecular flexibility index (Phi) is 6.28. The number of aliphatic hydroxyl groups is 1. The number of hydrogen-bond acceptors (Lipinski definition) is 1. The van der Waals surface area contributed by atoms with Gasteiger partial charge in [0.25, 0.3) is 0 Å². The molecule has 0 aromatic heterocycles. The van der Waals surface area contributed by atoms with Crippen molar-refractivity contribution in [3.8, 4) is 0 Å². The monoisotopic (exact) mass is 234 g/mol. The highest BCUT2D eigenvalue weighted by atomic mass is 16.3. The maximum Gasteiger partial charge on any atom is 0.0580 e. The summed E-state index contributed by atoms with van der Waals surface area (Å²) in [6.45, 7) is 6.47. The molecule has 1 N–H and O–H groups in total. The van der Waals surface area contributed by atoms with Gasteiger partial charge in [-0.3, -0.25) is 0 Å². The van der Waals surface area contributed by atoms with E-state index in [-0.39, 0.29) is 6.10 Å². The van der Waals surface area contributed by atoms with Gasteiger partial charge in [0.2, 0.25) is 0 Å². The number of aryl methyl sites for hydroxylation is 2. The SMILES string of the molecule is CCCCCC[C@@H](O)Cc1ccc(C)c(C)c1. The molecule has 0 fully saturated rings. The highest BCUT2D eigenvalue weighted by Crippen LogP contribution is 2.14. The molecule has 1 heteroatoms. The molecule has 0 aliphatic rings. The van der Waals surface area contributed by atoms with E-state index in [1.165, 1.54) is 36.0 Å². The quantitative estimate of drug-likeness (QED) is 0.702. The third-order valence-electron chi connectivity index (χ3n) is 3.43. The topological polar surface area (TPSA) is 20.2 Å². The number of unbranched alkanes of at least 4 members (excludes halogenated alkanes) is 3. The van der Waals surface area contributed by atoms with E-state index in [4.69, 9.17) is 0 Å². The molecule has 1 atom stereocenters. The molecule has 0 heterocycles. The Hall–Kier alpha value is -0.820. The zero-order chi connectivity index (χ0) is 12.7. The number of hydrogen-bond donors (Lipinski definition) is 1. The van der Waals surface area contributed by atoms with Crippen LogP contribution in [0.25, 0.3) is 0 Å². The maximum absolute atomic E-state index is 9.96. The van der Waals surface area contributed by atoms with Crippen LogP contribution in [0.5, 0.6) is 0 Å². The molecule has 17 heavy (non-hydrogen) atoms. The van der Waals surface area contributed by atoms with Gasteiger partial charge in [-0.1, -0.05) is 50.8 Å². The third kappa shape index (κ3) is 5.36. The zero-order valence-corrected chi connectivity index (χ0v) is 11.5. The van der Waals surface area contributed by atoms with Gasteiger partial charge in [0.15, 0.2) is 0 Å². The molecule has 96 valence electrons. The molecular formula is C16H26O. The fourth-order valence-corrected chi connectivity index (χ4v) is 2.11. The average Bonchev–Trinajstić information content (AvgIpc) is 2.30. The van der Waals surface area contributed by atoms with E-state index in [0.717, 1.165) is 19.3 Å². The van der Waals surface area contributed by atoms with Gasteiger partial charge in [-0.15, -0.1) is 0 Å². The van der Waals surface area contributed by atoms with Crippen LogP contribution in [-0.4, -0.2) is 11.2 Å². The van der Waals surface area contributed by atoms with Gasteiger partial charge in [0.05, 0.1) is 6.10 Å². The summed E-state index contributed by atoms with van der Waals surface area (Å²) in [7, 11) is 0. The lowest BCUT2D eigenvalue weighted by molar-refractivity contribution is 0.161. The van der Waals surface area contributed by atoms with Crippen LogP contribution >= 0.6 is 0 Å². The van der Waals surface area contributed by atoms with E-state index in [1.807, 2.05) is 0 Å². The minimum atomic E-state index is -0.172. The largest absolute Gasteiger partial charge is 0.393 e. The summed E-state index contributed by atoms with van der Waals surface area (Å²) in [6, 6.07) is 6.48. The van der Waals surface area contributed by atoms with E-state index >= 15 is 0 Å². The predicted molar refractivity (Wildman–Crippen MR) is 74.4 cm³/mol. The van der Waals surface area contributed by atoms with Crippen molar-refractivity contribution in [2.24, 2.45) is 0 Å². The average molecular weight is 234 g/mol. The van der Waals surface area contributed by atoms with Gasteiger partial charge in [-0.05, 0) is 43.4 Å². The summed E-state index contributed by atoms with van der Waals surface area (Å²) in [4.78, 5) is 0. The fraction of sp³-hybridized carbons (Fsp3) is 0.625. The maximum atomic E-state index is 9.96. The van der Waals surface area contributed by atoms with Crippen LogP contribution in [0.1, 0.15) is 55.7 Å². The van der Waals surface area contributed by atoms with Gasteiger partial charge in [-0.2, -0.15) is 0 Å². The first-order valence-electron chi connectivity index (χ1n) is 6.87. The fourth-order valence-electron chi connectivity index (χ4n) is 2.11. The van der Waals surface area contributed by atoms with Crippen molar-refractivity contribution in [1.82, 2.24) is 0 Å². The highest BCUT2D eigenvalue weighted by Gasteiger charge is 2.06. The molecular weight excluding hydrogens is 208 g/mol.